The summed E-state index contributed by atoms with van der Waals surface area (Å²) in [6.07, 6.45) is 8.22. The number of amides is 2. The minimum Gasteiger partial charge on any atom is -0.368 e. The summed E-state index contributed by atoms with van der Waals surface area (Å²) in [4.78, 5) is 20.6. The monoisotopic (exact) mass is 376 g/mol. The van der Waals surface area contributed by atoms with E-state index in [-0.39, 0.29) is 6.03 Å². The molecule has 0 saturated carbocycles. The number of aromatic nitrogens is 3. The molecule has 2 aromatic heterocycles. The number of nitrogens with zero attached hydrogens (tertiary/aromatic N) is 5. The zero-order valence-corrected chi connectivity index (χ0v) is 15.7. The molecule has 1 fully saturated rings. The van der Waals surface area contributed by atoms with E-state index in [2.05, 4.69) is 20.3 Å². The van der Waals surface area contributed by atoms with E-state index in [1.54, 1.807) is 12.4 Å². The standard InChI is InChI=1S/C21H24N6O/c28-21(26-14-12-25(13-15-26)19-7-9-22-10-8-19)23-11-6-18-16-24-27(17-18)20-4-2-1-3-5-20/h1-5,7-10,16-17H,6,11-15H2,(H,23,28). The van der Waals surface area contributed by atoms with Crippen LogP contribution in [0, 0.1) is 0 Å². The summed E-state index contributed by atoms with van der Waals surface area (Å²) in [6.45, 7) is 3.71. The van der Waals surface area contributed by atoms with Crippen LogP contribution in [-0.4, -0.2) is 58.4 Å². The number of pyridine rings is 1. The maximum absolute atomic E-state index is 12.4. The molecule has 1 aliphatic rings. The highest BCUT2D eigenvalue weighted by atomic mass is 16.2. The van der Waals surface area contributed by atoms with Gasteiger partial charge in [0.1, 0.15) is 0 Å². The SMILES string of the molecule is O=C(NCCc1cnn(-c2ccccc2)c1)N1CCN(c2ccncc2)CC1. The first-order valence-corrected chi connectivity index (χ1v) is 9.56. The molecule has 0 atom stereocenters. The van der Waals surface area contributed by atoms with Crippen LogP contribution in [0.2, 0.25) is 0 Å². The summed E-state index contributed by atoms with van der Waals surface area (Å²) in [7, 11) is 0. The van der Waals surface area contributed by atoms with Crippen molar-refractivity contribution in [1.29, 1.82) is 0 Å². The average molecular weight is 376 g/mol. The van der Waals surface area contributed by atoms with Gasteiger partial charge in [0.05, 0.1) is 11.9 Å². The van der Waals surface area contributed by atoms with Crippen LogP contribution in [0.5, 0.6) is 0 Å². The van der Waals surface area contributed by atoms with Gasteiger partial charge < -0.3 is 15.1 Å². The van der Waals surface area contributed by atoms with Gasteiger partial charge in [0, 0.05) is 57.0 Å². The van der Waals surface area contributed by atoms with Crippen LogP contribution in [0.25, 0.3) is 5.69 Å². The molecule has 4 rings (SSSR count). The van der Waals surface area contributed by atoms with Crippen LogP contribution in [-0.2, 0) is 6.42 Å². The Morgan fingerprint density at radius 1 is 0.964 bits per heavy atom. The highest BCUT2D eigenvalue weighted by Gasteiger charge is 2.20. The van der Waals surface area contributed by atoms with Gasteiger partial charge in [-0.1, -0.05) is 18.2 Å². The molecule has 0 aliphatic carbocycles. The van der Waals surface area contributed by atoms with E-state index >= 15 is 0 Å². The van der Waals surface area contributed by atoms with E-state index in [0.717, 1.165) is 49.5 Å². The van der Waals surface area contributed by atoms with Gasteiger partial charge in [-0.2, -0.15) is 5.10 Å². The minimum atomic E-state index is 0.00447. The predicted molar refractivity (Wildman–Crippen MR) is 109 cm³/mol. The Labute approximate surface area is 164 Å². The second-order valence-electron chi connectivity index (χ2n) is 6.79. The first-order valence-electron chi connectivity index (χ1n) is 9.56. The predicted octanol–water partition coefficient (Wildman–Crippen LogP) is 2.34. The van der Waals surface area contributed by atoms with Gasteiger partial charge in [-0.05, 0) is 36.2 Å². The zero-order valence-electron chi connectivity index (χ0n) is 15.7. The van der Waals surface area contributed by atoms with Crippen LogP contribution in [0.1, 0.15) is 5.56 Å². The lowest BCUT2D eigenvalue weighted by atomic mass is 10.2. The second kappa shape index (κ2) is 8.56. The van der Waals surface area contributed by atoms with Gasteiger partial charge in [0.25, 0.3) is 0 Å². The van der Waals surface area contributed by atoms with Crippen molar-refractivity contribution in [3.05, 3.63) is 72.8 Å². The first kappa shape index (κ1) is 18.0. The second-order valence-corrected chi connectivity index (χ2v) is 6.79. The summed E-state index contributed by atoms with van der Waals surface area (Å²) < 4.78 is 1.86. The van der Waals surface area contributed by atoms with Crippen molar-refractivity contribution in [1.82, 2.24) is 25.0 Å². The van der Waals surface area contributed by atoms with Crippen molar-refractivity contribution in [2.75, 3.05) is 37.6 Å². The van der Waals surface area contributed by atoms with Gasteiger partial charge in [-0.15, -0.1) is 0 Å². The molecule has 3 aromatic rings. The summed E-state index contributed by atoms with van der Waals surface area (Å²) in [6, 6.07) is 14.0. The zero-order chi connectivity index (χ0) is 19.2. The van der Waals surface area contributed by atoms with Crippen molar-refractivity contribution in [2.24, 2.45) is 0 Å². The molecule has 0 unspecified atom stereocenters. The van der Waals surface area contributed by atoms with E-state index in [0.29, 0.717) is 6.54 Å². The fraction of sp³-hybridized carbons (Fsp3) is 0.286. The number of hydrogen-bond donors (Lipinski definition) is 1. The van der Waals surface area contributed by atoms with Crippen molar-refractivity contribution < 1.29 is 4.79 Å². The van der Waals surface area contributed by atoms with E-state index in [1.807, 2.05) is 64.4 Å². The molecular weight excluding hydrogens is 352 g/mol. The summed E-state index contributed by atoms with van der Waals surface area (Å²) >= 11 is 0. The number of urea groups is 1. The van der Waals surface area contributed by atoms with Gasteiger partial charge in [0.2, 0.25) is 0 Å². The number of anilines is 1. The third-order valence-corrected chi connectivity index (χ3v) is 4.94. The molecule has 1 saturated heterocycles. The van der Waals surface area contributed by atoms with Crippen LogP contribution >= 0.6 is 0 Å². The third-order valence-electron chi connectivity index (χ3n) is 4.94. The van der Waals surface area contributed by atoms with Crippen molar-refractivity contribution in [3.8, 4) is 5.69 Å². The van der Waals surface area contributed by atoms with E-state index in [1.165, 1.54) is 0 Å². The lowest BCUT2D eigenvalue weighted by Gasteiger charge is -2.36. The number of carbonyl (C=O) groups excluding carboxylic acids is 1. The maximum atomic E-state index is 12.4. The van der Waals surface area contributed by atoms with Crippen molar-refractivity contribution in [3.63, 3.8) is 0 Å². The van der Waals surface area contributed by atoms with Crippen LogP contribution in [0.3, 0.4) is 0 Å². The number of benzene rings is 1. The Morgan fingerprint density at radius 2 is 1.71 bits per heavy atom. The van der Waals surface area contributed by atoms with Crippen LogP contribution in [0.4, 0.5) is 10.5 Å². The minimum absolute atomic E-state index is 0.00447. The molecule has 1 aliphatic heterocycles. The Balaban J connectivity index is 1.22. The molecule has 1 N–H and O–H groups in total. The normalized spacial score (nSPS) is 14.1. The Bertz CT molecular complexity index is 888. The molecule has 1 aromatic carbocycles. The molecule has 28 heavy (non-hydrogen) atoms. The molecule has 0 bridgehead atoms. The molecule has 0 spiro atoms. The quantitative estimate of drug-likeness (QED) is 0.742. The number of hydrogen-bond acceptors (Lipinski definition) is 4. The van der Waals surface area contributed by atoms with Crippen LogP contribution < -0.4 is 10.2 Å². The smallest absolute Gasteiger partial charge is 0.317 e. The molecule has 7 nitrogen and oxygen atoms in total. The van der Waals surface area contributed by atoms with Gasteiger partial charge in [0.15, 0.2) is 0 Å². The highest BCUT2D eigenvalue weighted by Crippen LogP contribution is 2.14. The van der Waals surface area contributed by atoms with E-state index in [9.17, 15) is 4.79 Å². The first-order chi connectivity index (χ1) is 13.8. The number of carbonyl (C=O) groups is 1. The fourth-order valence-corrected chi connectivity index (χ4v) is 3.36. The lowest BCUT2D eigenvalue weighted by Crippen LogP contribution is -2.52. The average Bonchev–Trinajstić information content (AvgIpc) is 3.24. The molecule has 0 radical (unpaired) electrons. The summed E-state index contributed by atoms with van der Waals surface area (Å²) in [5, 5.41) is 7.42. The summed E-state index contributed by atoms with van der Waals surface area (Å²) in [5.74, 6) is 0. The Kier molecular flexibility index (Phi) is 5.51. The highest BCUT2D eigenvalue weighted by molar-refractivity contribution is 5.74. The third kappa shape index (κ3) is 4.31. The van der Waals surface area contributed by atoms with E-state index < -0.39 is 0 Å². The van der Waals surface area contributed by atoms with E-state index in [4.69, 9.17) is 0 Å². The Hall–Kier alpha value is -3.35. The Morgan fingerprint density at radius 3 is 2.46 bits per heavy atom. The largest absolute Gasteiger partial charge is 0.368 e. The maximum Gasteiger partial charge on any atom is 0.317 e. The van der Waals surface area contributed by atoms with Crippen LogP contribution in [0.15, 0.2) is 67.3 Å². The molecule has 7 heteroatoms. The molecule has 144 valence electrons. The lowest BCUT2D eigenvalue weighted by molar-refractivity contribution is 0.194. The van der Waals surface area contributed by atoms with Gasteiger partial charge in [-0.3, -0.25) is 4.98 Å². The number of para-hydroxylation sites is 1. The molecular formula is C21H24N6O. The number of piperazine rings is 1. The topological polar surface area (TPSA) is 66.3 Å². The molecule has 3 heterocycles. The van der Waals surface area contributed by atoms with Gasteiger partial charge >= 0.3 is 6.03 Å². The number of rotatable bonds is 5. The van der Waals surface area contributed by atoms with Gasteiger partial charge in [-0.25, -0.2) is 9.48 Å². The molecule has 2 amide bonds. The number of nitrogens with one attached hydrogen (secondary N) is 1. The van der Waals surface area contributed by atoms with Crippen molar-refractivity contribution in [2.45, 2.75) is 6.42 Å². The summed E-state index contributed by atoms with van der Waals surface area (Å²) in [5.41, 5.74) is 3.29. The van der Waals surface area contributed by atoms with Crippen molar-refractivity contribution >= 4 is 11.7 Å². The fourth-order valence-electron chi connectivity index (χ4n) is 3.36.